The van der Waals surface area contributed by atoms with Crippen LogP contribution >= 0.6 is 0 Å². The summed E-state index contributed by atoms with van der Waals surface area (Å²) in [4.78, 5) is 27.7. The van der Waals surface area contributed by atoms with Crippen molar-refractivity contribution in [3.05, 3.63) is 40.5 Å². The Bertz CT molecular complexity index is 771. The van der Waals surface area contributed by atoms with Crippen LogP contribution in [0, 0.1) is 13.8 Å². The third kappa shape index (κ3) is 3.28. The lowest BCUT2D eigenvalue weighted by Crippen LogP contribution is -2.49. The lowest BCUT2D eigenvalue weighted by atomic mass is 9.82. The first-order chi connectivity index (χ1) is 12.2. The third-order valence-corrected chi connectivity index (χ3v) is 5.63. The molecule has 26 heavy (non-hydrogen) atoms. The molecule has 5 nitrogen and oxygen atoms in total. The number of nitrogens with zero attached hydrogens (tertiary/aromatic N) is 1. The molecule has 0 radical (unpaired) electrons. The Hall–Kier alpha value is -2.14. The van der Waals surface area contributed by atoms with Crippen LogP contribution in [0.4, 0.5) is 5.69 Å². The highest BCUT2D eigenvalue weighted by Gasteiger charge is 2.50. The zero-order chi connectivity index (χ0) is 19.1. The maximum Gasteiger partial charge on any atom is 0.335 e. The van der Waals surface area contributed by atoms with Crippen LogP contribution in [0.25, 0.3) is 0 Å². The van der Waals surface area contributed by atoms with Gasteiger partial charge in [-0.05, 0) is 51.8 Å². The minimum absolute atomic E-state index is 0.222. The number of benzene rings is 1. The molecule has 1 amide bonds. The summed E-state index contributed by atoms with van der Waals surface area (Å²) in [6.07, 6.45) is 1.31. The molecule has 2 aliphatic rings. The number of carbonyl (C=O) groups excluding carboxylic acids is 2. The number of esters is 1. The Kier molecular flexibility index (Phi) is 4.93. The van der Waals surface area contributed by atoms with E-state index in [4.69, 9.17) is 4.74 Å². The lowest BCUT2D eigenvalue weighted by Gasteiger charge is -2.41. The lowest BCUT2D eigenvalue weighted by molar-refractivity contribution is -0.151. The van der Waals surface area contributed by atoms with Gasteiger partial charge < -0.3 is 15.0 Å². The first-order valence-corrected chi connectivity index (χ1v) is 9.31. The van der Waals surface area contributed by atoms with Crippen LogP contribution in [0.2, 0.25) is 0 Å². The Morgan fingerprint density at radius 2 is 1.85 bits per heavy atom. The molecule has 0 aliphatic carbocycles. The first-order valence-electron chi connectivity index (χ1n) is 9.31. The molecule has 0 saturated carbocycles. The average molecular weight is 356 g/mol. The zero-order valence-electron chi connectivity index (χ0n) is 16.3. The van der Waals surface area contributed by atoms with Crippen molar-refractivity contribution in [2.75, 3.05) is 18.4 Å². The Morgan fingerprint density at radius 3 is 2.46 bits per heavy atom. The predicted molar refractivity (Wildman–Crippen MR) is 102 cm³/mol. The van der Waals surface area contributed by atoms with E-state index < -0.39 is 5.60 Å². The molecule has 2 aliphatic heterocycles. The summed E-state index contributed by atoms with van der Waals surface area (Å²) in [5.41, 5.74) is 3.02. The van der Waals surface area contributed by atoms with Gasteiger partial charge in [-0.2, -0.15) is 0 Å². The number of ether oxygens (including phenoxy) is 1. The van der Waals surface area contributed by atoms with Gasteiger partial charge in [-0.15, -0.1) is 0 Å². The fraction of sp³-hybridized carbons (Fsp3) is 0.524. The van der Waals surface area contributed by atoms with Gasteiger partial charge in [0, 0.05) is 43.2 Å². The number of rotatable bonds is 3. The quantitative estimate of drug-likeness (QED) is 0.844. The van der Waals surface area contributed by atoms with Crippen molar-refractivity contribution in [1.29, 1.82) is 0 Å². The molecule has 1 aromatic carbocycles. The second-order valence-corrected chi connectivity index (χ2v) is 7.79. The maximum absolute atomic E-state index is 13.1. The molecule has 1 saturated heterocycles. The van der Waals surface area contributed by atoms with Crippen LogP contribution in [0.3, 0.4) is 0 Å². The van der Waals surface area contributed by atoms with E-state index >= 15 is 0 Å². The monoisotopic (exact) mass is 356 g/mol. The van der Waals surface area contributed by atoms with Crippen molar-refractivity contribution in [2.24, 2.45) is 0 Å². The molecular formula is C21H28N2O3. The number of anilines is 1. The van der Waals surface area contributed by atoms with Crippen molar-refractivity contribution in [3.63, 3.8) is 0 Å². The van der Waals surface area contributed by atoms with E-state index in [2.05, 4.69) is 24.1 Å². The second kappa shape index (κ2) is 6.88. The van der Waals surface area contributed by atoms with Crippen LogP contribution in [0.1, 0.15) is 44.7 Å². The molecule has 5 heteroatoms. The molecule has 1 aromatic rings. The van der Waals surface area contributed by atoms with Gasteiger partial charge in [0.15, 0.2) is 0 Å². The van der Waals surface area contributed by atoms with Gasteiger partial charge in [-0.3, -0.25) is 4.79 Å². The van der Waals surface area contributed by atoms with Crippen molar-refractivity contribution in [1.82, 2.24) is 4.90 Å². The molecule has 1 spiro atoms. The van der Waals surface area contributed by atoms with Crippen LogP contribution in [-0.4, -0.2) is 41.5 Å². The maximum atomic E-state index is 13.1. The molecule has 140 valence electrons. The van der Waals surface area contributed by atoms with Gasteiger partial charge in [0.2, 0.25) is 0 Å². The minimum atomic E-state index is -0.783. The highest BCUT2D eigenvalue weighted by Crippen LogP contribution is 2.41. The van der Waals surface area contributed by atoms with Crippen LogP contribution < -0.4 is 5.32 Å². The zero-order valence-corrected chi connectivity index (χ0v) is 16.3. The smallest absolute Gasteiger partial charge is 0.335 e. The van der Waals surface area contributed by atoms with Gasteiger partial charge in [0.25, 0.3) is 5.91 Å². The summed E-state index contributed by atoms with van der Waals surface area (Å²) in [5.74, 6) is -0.589. The van der Waals surface area contributed by atoms with Crippen molar-refractivity contribution >= 4 is 17.6 Å². The van der Waals surface area contributed by atoms with E-state index in [-0.39, 0.29) is 11.9 Å². The number of amides is 1. The topological polar surface area (TPSA) is 58.6 Å². The van der Waals surface area contributed by atoms with Gasteiger partial charge in [-0.1, -0.05) is 12.1 Å². The van der Waals surface area contributed by atoms with Crippen LogP contribution in [0.5, 0.6) is 0 Å². The largest absolute Gasteiger partial charge is 0.450 e. The molecule has 1 N–H and O–H groups in total. The molecule has 0 bridgehead atoms. The van der Waals surface area contributed by atoms with Gasteiger partial charge in [0.05, 0.1) is 5.57 Å². The minimum Gasteiger partial charge on any atom is -0.450 e. The molecule has 3 rings (SSSR count). The van der Waals surface area contributed by atoms with Crippen LogP contribution in [0.15, 0.2) is 29.3 Å². The Labute approximate surface area is 155 Å². The average Bonchev–Trinajstić information content (AvgIpc) is 2.81. The number of likely N-dealkylation sites (tertiary alicyclic amines) is 1. The fourth-order valence-electron chi connectivity index (χ4n) is 3.94. The Balaban J connectivity index is 1.87. The summed E-state index contributed by atoms with van der Waals surface area (Å²) in [6.45, 7) is 11.6. The van der Waals surface area contributed by atoms with E-state index in [1.165, 1.54) is 0 Å². The number of hydrogen-bond donors (Lipinski definition) is 1. The highest BCUT2D eigenvalue weighted by atomic mass is 16.6. The normalized spacial score (nSPS) is 20.0. The van der Waals surface area contributed by atoms with E-state index in [1.54, 1.807) is 6.92 Å². The SMILES string of the molecule is CC1=C(C(=O)Nc2cc(C)ccc2C)C2(CCN(C(C)C)CC2)OC1=O. The summed E-state index contributed by atoms with van der Waals surface area (Å²) in [5, 5.41) is 3.01. The molecule has 0 aromatic heterocycles. The van der Waals surface area contributed by atoms with Gasteiger partial charge in [0.1, 0.15) is 5.60 Å². The number of aryl methyl sites for hydroxylation is 2. The molecular weight excluding hydrogens is 328 g/mol. The van der Waals surface area contributed by atoms with Gasteiger partial charge >= 0.3 is 5.97 Å². The van der Waals surface area contributed by atoms with Crippen molar-refractivity contribution in [2.45, 2.75) is 59.1 Å². The number of nitrogens with one attached hydrogen (secondary N) is 1. The highest BCUT2D eigenvalue weighted by molar-refractivity contribution is 6.12. The van der Waals surface area contributed by atoms with E-state index in [9.17, 15) is 9.59 Å². The fourth-order valence-corrected chi connectivity index (χ4v) is 3.94. The van der Waals surface area contributed by atoms with Crippen molar-refractivity contribution < 1.29 is 14.3 Å². The van der Waals surface area contributed by atoms with Crippen molar-refractivity contribution in [3.8, 4) is 0 Å². The standard InChI is InChI=1S/C21H28N2O3/c1-13(2)23-10-8-21(9-11-23)18(16(5)20(25)26-21)19(24)22-17-12-14(3)6-7-15(17)4/h6-7,12-13H,8-11H2,1-5H3,(H,22,24). The van der Waals surface area contributed by atoms with E-state index in [0.29, 0.717) is 30.0 Å². The van der Waals surface area contributed by atoms with Gasteiger partial charge in [-0.25, -0.2) is 4.79 Å². The van der Waals surface area contributed by atoms with Crippen LogP contribution in [-0.2, 0) is 14.3 Å². The second-order valence-electron chi connectivity index (χ2n) is 7.79. The summed E-state index contributed by atoms with van der Waals surface area (Å²) < 4.78 is 5.76. The summed E-state index contributed by atoms with van der Waals surface area (Å²) in [6, 6.07) is 6.40. The molecule has 0 atom stereocenters. The number of carbonyl (C=O) groups is 2. The summed E-state index contributed by atoms with van der Waals surface area (Å²) in [7, 11) is 0. The summed E-state index contributed by atoms with van der Waals surface area (Å²) >= 11 is 0. The third-order valence-electron chi connectivity index (χ3n) is 5.63. The van der Waals surface area contributed by atoms with E-state index in [1.807, 2.05) is 32.0 Å². The molecule has 2 heterocycles. The Morgan fingerprint density at radius 1 is 1.19 bits per heavy atom. The number of hydrogen-bond acceptors (Lipinski definition) is 4. The first kappa shape index (κ1) is 18.6. The van der Waals surface area contributed by atoms with E-state index in [0.717, 1.165) is 29.9 Å². The molecule has 0 unspecified atom stereocenters. The predicted octanol–water partition coefficient (Wildman–Crippen LogP) is 3.36. The number of piperidine rings is 1. The molecule has 1 fully saturated rings.